The van der Waals surface area contributed by atoms with Crippen LogP contribution in [-0.4, -0.2) is 36.5 Å². The van der Waals surface area contributed by atoms with Crippen LogP contribution in [-0.2, 0) is 0 Å². The summed E-state index contributed by atoms with van der Waals surface area (Å²) in [6, 6.07) is 5.54. The zero-order valence-electron chi connectivity index (χ0n) is 12.1. The number of carbonyl (C=O) groups excluding carboxylic acids is 1. The Morgan fingerprint density at radius 2 is 2.05 bits per heavy atom. The number of likely N-dealkylation sites (tertiary alicyclic amines) is 1. The number of methoxy groups -OCH3 is 1. The Hall–Kier alpha value is -1.55. The van der Waals surface area contributed by atoms with E-state index < -0.39 is 0 Å². The molecule has 0 bridgehead atoms. The molecule has 1 amide bonds. The highest BCUT2D eigenvalue weighted by molar-refractivity contribution is 5.95. The summed E-state index contributed by atoms with van der Waals surface area (Å²) in [6.07, 6.45) is 0. The summed E-state index contributed by atoms with van der Waals surface area (Å²) >= 11 is 0. The average Bonchev–Trinajstić information content (AvgIpc) is 2.34. The molecule has 0 saturated carbocycles. The number of benzene rings is 1. The van der Waals surface area contributed by atoms with Gasteiger partial charge in [0.15, 0.2) is 0 Å². The van der Waals surface area contributed by atoms with Crippen LogP contribution in [0.2, 0.25) is 0 Å². The quantitative estimate of drug-likeness (QED) is 0.904. The molecule has 4 nitrogen and oxygen atoms in total. The molecule has 0 radical (unpaired) electrons. The summed E-state index contributed by atoms with van der Waals surface area (Å²) in [5, 5.41) is 0. The van der Waals surface area contributed by atoms with E-state index in [0.717, 1.165) is 11.3 Å². The van der Waals surface area contributed by atoms with E-state index in [0.29, 0.717) is 24.6 Å². The molecule has 1 aromatic carbocycles. The van der Waals surface area contributed by atoms with E-state index in [4.69, 9.17) is 10.5 Å². The lowest BCUT2D eigenvalue weighted by Gasteiger charge is -2.50. The number of hydrogen-bond acceptors (Lipinski definition) is 3. The van der Waals surface area contributed by atoms with Crippen molar-refractivity contribution in [2.75, 3.05) is 20.2 Å². The van der Waals surface area contributed by atoms with Crippen molar-refractivity contribution in [1.82, 2.24) is 4.90 Å². The minimum Gasteiger partial charge on any atom is -0.496 e. The van der Waals surface area contributed by atoms with Crippen molar-refractivity contribution < 1.29 is 9.53 Å². The van der Waals surface area contributed by atoms with Gasteiger partial charge in [-0.15, -0.1) is 0 Å². The highest BCUT2D eigenvalue weighted by Crippen LogP contribution is 2.28. The molecule has 1 fully saturated rings. The Labute approximate surface area is 114 Å². The number of hydrogen-bond donors (Lipinski definition) is 1. The molecule has 104 valence electrons. The molecule has 1 aliphatic heterocycles. The number of carbonyl (C=O) groups is 1. The lowest BCUT2D eigenvalue weighted by atomic mass is 9.80. The monoisotopic (exact) mass is 262 g/mol. The molecule has 2 rings (SSSR count). The molecule has 1 heterocycles. The van der Waals surface area contributed by atoms with Gasteiger partial charge in [-0.2, -0.15) is 0 Å². The summed E-state index contributed by atoms with van der Waals surface area (Å²) in [4.78, 5) is 14.1. The molecular weight excluding hydrogens is 240 g/mol. The lowest BCUT2D eigenvalue weighted by molar-refractivity contribution is 0.0274. The molecule has 0 aromatic heterocycles. The number of ether oxygens (including phenoxy) is 1. The second kappa shape index (κ2) is 4.85. The van der Waals surface area contributed by atoms with Gasteiger partial charge in [-0.1, -0.05) is 19.9 Å². The van der Waals surface area contributed by atoms with Crippen LogP contribution in [0, 0.1) is 12.8 Å². The molecule has 1 aromatic rings. The maximum Gasteiger partial charge on any atom is 0.254 e. The first kappa shape index (κ1) is 13.9. The maximum atomic E-state index is 12.3. The molecule has 1 saturated heterocycles. The van der Waals surface area contributed by atoms with Crippen LogP contribution in [0.25, 0.3) is 0 Å². The SMILES string of the molecule is COc1cc(C(=O)N2CC(N)(C(C)C)C2)ccc1C. The third kappa shape index (κ3) is 2.45. The van der Waals surface area contributed by atoms with Crippen LogP contribution in [0.15, 0.2) is 18.2 Å². The van der Waals surface area contributed by atoms with Crippen molar-refractivity contribution in [2.24, 2.45) is 11.7 Å². The minimum absolute atomic E-state index is 0.0278. The standard InChI is InChI=1S/C15H22N2O2/c1-10(2)15(16)8-17(9-15)14(18)12-6-5-11(3)13(7-12)19-4/h5-7,10H,8-9,16H2,1-4H3. The number of amides is 1. The lowest BCUT2D eigenvalue weighted by Crippen LogP contribution is -2.71. The second-order valence-electron chi connectivity index (χ2n) is 5.73. The van der Waals surface area contributed by atoms with Gasteiger partial charge < -0.3 is 15.4 Å². The Kier molecular flexibility index (Phi) is 3.54. The second-order valence-corrected chi connectivity index (χ2v) is 5.73. The number of rotatable bonds is 3. The van der Waals surface area contributed by atoms with Gasteiger partial charge in [-0.25, -0.2) is 0 Å². The van der Waals surface area contributed by atoms with Gasteiger partial charge in [0.05, 0.1) is 12.6 Å². The van der Waals surface area contributed by atoms with Crippen molar-refractivity contribution in [3.63, 3.8) is 0 Å². The fraction of sp³-hybridized carbons (Fsp3) is 0.533. The Bertz CT molecular complexity index is 491. The molecule has 1 aliphatic rings. The van der Waals surface area contributed by atoms with Crippen LogP contribution >= 0.6 is 0 Å². The van der Waals surface area contributed by atoms with E-state index in [9.17, 15) is 4.79 Å². The van der Waals surface area contributed by atoms with Crippen molar-refractivity contribution in [3.05, 3.63) is 29.3 Å². The minimum atomic E-state index is -0.232. The van der Waals surface area contributed by atoms with Crippen LogP contribution in [0.5, 0.6) is 5.75 Å². The molecule has 2 N–H and O–H groups in total. The molecule has 19 heavy (non-hydrogen) atoms. The van der Waals surface area contributed by atoms with Crippen molar-refractivity contribution >= 4 is 5.91 Å². The third-order valence-electron chi connectivity index (χ3n) is 4.06. The van der Waals surface area contributed by atoms with Gasteiger partial charge in [-0.05, 0) is 30.5 Å². The largest absolute Gasteiger partial charge is 0.496 e. The molecule has 0 aliphatic carbocycles. The number of aryl methyl sites for hydroxylation is 1. The van der Waals surface area contributed by atoms with Crippen molar-refractivity contribution in [2.45, 2.75) is 26.3 Å². The van der Waals surface area contributed by atoms with Gasteiger partial charge >= 0.3 is 0 Å². The predicted molar refractivity (Wildman–Crippen MR) is 75.4 cm³/mol. The fourth-order valence-electron chi connectivity index (χ4n) is 2.31. The Morgan fingerprint density at radius 1 is 1.42 bits per heavy atom. The predicted octanol–water partition coefficient (Wildman–Crippen LogP) is 1.81. The summed E-state index contributed by atoms with van der Waals surface area (Å²) < 4.78 is 5.25. The highest BCUT2D eigenvalue weighted by atomic mass is 16.5. The maximum absolute atomic E-state index is 12.3. The van der Waals surface area contributed by atoms with E-state index >= 15 is 0 Å². The molecular formula is C15H22N2O2. The van der Waals surface area contributed by atoms with Gasteiger partial charge in [0.25, 0.3) is 5.91 Å². The van der Waals surface area contributed by atoms with Gasteiger partial charge in [0.2, 0.25) is 0 Å². The summed E-state index contributed by atoms with van der Waals surface area (Å²) in [5.41, 5.74) is 7.67. The van der Waals surface area contributed by atoms with Crippen LogP contribution in [0.3, 0.4) is 0 Å². The third-order valence-corrected chi connectivity index (χ3v) is 4.06. The van der Waals surface area contributed by atoms with Gasteiger partial charge in [0, 0.05) is 18.7 Å². The Balaban J connectivity index is 2.10. The van der Waals surface area contributed by atoms with E-state index in [2.05, 4.69) is 13.8 Å². The normalized spacial score (nSPS) is 17.3. The summed E-state index contributed by atoms with van der Waals surface area (Å²) in [5.74, 6) is 1.15. The van der Waals surface area contributed by atoms with E-state index in [1.54, 1.807) is 18.1 Å². The smallest absolute Gasteiger partial charge is 0.254 e. The first-order valence-corrected chi connectivity index (χ1v) is 6.60. The average molecular weight is 262 g/mol. The molecule has 0 unspecified atom stereocenters. The number of nitrogens with zero attached hydrogens (tertiary/aromatic N) is 1. The van der Waals surface area contributed by atoms with Crippen LogP contribution in [0.4, 0.5) is 0 Å². The zero-order chi connectivity index (χ0) is 14.2. The van der Waals surface area contributed by atoms with Crippen LogP contribution in [0.1, 0.15) is 29.8 Å². The summed E-state index contributed by atoms with van der Waals surface area (Å²) in [7, 11) is 1.61. The highest BCUT2D eigenvalue weighted by Gasteiger charge is 2.44. The van der Waals surface area contributed by atoms with Crippen LogP contribution < -0.4 is 10.5 Å². The number of nitrogens with two attached hydrogens (primary N) is 1. The zero-order valence-corrected chi connectivity index (χ0v) is 12.1. The first-order chi connectivity index (χ1) is 8.87. The topological polar surface area (TPSA) is 55.6 Å². The van der Waals surface area contributed by atoms with Crippen molar-refractivity contribution in [3.8, 4) is 5.75 Å². The first-order valence-electron chi connectivity index (χ1n) is 6.60. The van der Waals surface area contributed by atoms with E-state index in [1.165, 1.54) is 0 Å². The van der Waals surface area contributed by atoms with Crippen molar-refractivity contribution in [1.29, 1.82) is 0 Å². The fourth-order valence-corrected chi connectivity index (χ4v) is 2.31. The molecule has 0 atom stereocenters. The molecule has 4 heteroatoms. The summed E-state index contributed by atoms with van der Waals surface area (Å²) in [6.45, 7) is 7.40. The molecule has 0 spiro atoms. The van der Waals surface area contributed by atoms with Gasteiger partial charge in [0.1, 0.15) is 5.75 Å². The van der Waals surface area contributed by atoms with Gasteiger partial charge in [-0.3, -0.25) is 4.79 Å². The van der Waals surface area contributed by atoms with E-state index in [1.807, 2.05) is 19.1 Å². The Morgan fingerprint density at radius 3 is 2.58 bits per heavy atom. The van der Waals surface area contributed by atoms with E-state index in [-0.39, 0.29) is 11.4 Å².